The normalized spacial score (nSPS) is 12.2. The number of aromatic nitrogens is 2. The number of alkyl halides is 6. The molecule has 0 aliphatic rings. The van der Waals surface area contributed by atoms with E-state index in [-0.39, 0.29) is 23.7 Å². The Morgan fingerprint density at radius 2 is 1.48 bits per heavy atom. The van der Waals surface area contributed by atoms with Crippen LogP contribution in [0.2, 0.25) is 0 Å². The van der Waals surface area contributed by atoms with E-state index in [4.69, 9.17) is 0 Å². The number of carbonyl (C=O) groups is 1. The van der Waals surface area contributed by atoms with Crippen LogP contribution in [0.3, 0.4) is 0 Å². The number of fused-ring (bicyclic) bond motifs is 1. The first kappa shape index (κ1) is 20.4. The Bertz CT molecular complexity index is 1100. The molecular weight excluding hydrogens is 404 g/mol. The van der Waals surface area contributed by atoms with Crippen molar-refractivity contribution in [2.24, 2.45) is 0 Å². The van der Waals surface area contributed by atoms with Gasteiger partial charge in [-0.15, -0.1) is 0 Å². The minimum absolute atomic E-state index is 0.0617. The van der Waals surface area contributed by atoms with Crippen molar-refractivity contribution < 1.29 is 31.1 Å². The molecule has 0 unspecified atom stereocenters. The summed E-state index contributed by atoms with van der Waals surface area (Å²) in [4.78, 5) is 24.0. The molecule has 1 aromatic heterocycles. The molecule has 1 amide bonds. The van der Waals surface area contributed by atoms with E-state index in [9.17, 15) is 35.9 Å². The van der Waals surface area contributed by atoms with Gasteiger partial charge in [0.1, 0.15) is 0 Å². The number of H-pyrrole nitrogens is 1. The molecule has 1 heterocycles. The smallest absolute Gasteiger partial charge is 0.346 e. The van der Waals surface area contributed by atoms with Crippen LogP contribution < -0.4 is 10.9 Å². The zero-order valence-corrected chi connectivity index (χ0v) is 14.3. The molecule has 0 radical (unpaired) electrons. The SMILES string of the molecule is O=C(NCc1n[nH]c(=O)c2ccccc12)c1cc(C(F)(F)F)cc(C(F)(F)F)c1. The first-order valence-corrected chi connectivity index (χ1v) is 8.01. The lowest BCUT2D eigenvalue weighted by Crippen LogP contribution is -2.25. The molecule has 2 N–H and O–H groups in total. The van der Waals surface area contributed by atoms with Gasteiger partial charge in [0.15, 0.2) is 0 Å². The number of nitrogens with one attached hydrogen (secondary N) is 2. The molecule has 0 aliphatic heterocycles. The molecule has 0 spiro atoms. The van der Waals surface area contributed by atoms with Crippen LogP contribution in [-0.4, -0.2) is 16.1 Å². The third-order valence-electron chi connectivity index (χ3n) is 4.04. The number of benzene rings is 2. The Morgan fingerprint density at radius 3 is 2.03 bits per heavy atom. The lowest BCUT2D eigenvalue weighted by atomic mass is 10.0. The Morgan fingerprint density at radius 1 is 0.931 bits per heavy atom. The zero-order chi connectivity index (χ0) is 21.4. The van der Waals surface area contributed by atoms with Gasteiger partial charge in [-0.1, -0.05) is 18.2 Å². The fourth-order valence-electron chi connectivity index (χ4n) is 2.66. The highest BCUT2D eigenvalue weighted by atomic mass is 19.4. The quantitative estimate of drug-likeness (QED) is 0.638. The molecule has 0 aliphatic carbocycles. The van der Waals surface area contributed by atoms with Crippen LogP contribution in [0, 0.1) is 0 Å². The standard InChI is InChI=1S/C18H11F6N3O2/c19-17(20,21)10-5-9(6-11(7-10)18(22,23)24)15(28)25-8-14-12-3-1-2-4-13(12)16(29)27-26-14/h1-7H,8H2,(H,25,28)(H,27,29). The highest BCUT2D eigenvalue weighted by molar-refractivity contribution is 5.95. The summed E-state index contributed by atoms with van der Waals surface area (Å²) in [5.41, 5.74) is -4.28. The van der Waals surface area contributed by atoms with Crippen molar-refractivity contribution in [3.05, 3.63) is 75.2 Å². The number of amides is 1. The summed E-state index contributed by atoms with van der Waals surface area (Å²) in [6.07, 6.45) is -10.1. The molecule has 29 heavy (non-hydrogen) atoms. The van der Waals surface area contributed by atoms with E-state index >= 15 is 0 Å². The first-order valence-electron chi connectivity index (χ1n) is 8.01. The Hall–Kier alpha value is -3.37. The summed E-state index contributed by atoms with van der Waals surface area (Å²) in [5.74, 6) is -1.15. The minimum Gasteiger partial charge on any atom is -0.346 e. The number of rotatable bonds is 3. The van der Waals surface area contributed by atoms with Crippen molar-refractivity contribution in [3.63, 3.8) is 0 Å². The second-order valence-electron chi connectivity index (χ2n) is 6.02. The van der Waals surface area contributed by atoms with Gasteiger partial charge in [-0.2, -0.15) is 31.4 Å². The van der Waals surface area contributed by atoms with Crippen LogP contribution in [0.25, 0.3) is 10.8 Å². The van der Waals surface area contributed by atoms with Gasteiger partial charge in [-0.25, -0.2) is 5.10 Å². The average molecular weight is 415 g/mol. The predicted octanol–water partition coefficient (Wildman–Crippen LogP) is 3.89. The summed E-state index contributed by atoms with van der Waals surface area (Å²) >= 11 is 0. The molecule has 2 aromatic carbocycles. The van der Waals surface area contributed by atoms with Crippen molar-refractivity contribution in [3.8, 4) is 0 Å². The number of hydrogen-bond acceptors (Lipinski definition) is 3. The molecule has 11 heteroatoms. The second-order valence-corrected chi connectivity index (χ2v) is 6.02. The van der Waals surface area contributed by atoms with E-state index < -0.39 is 40.5 Å². The lowest BCUT2D eigenvalue weighted by molar-refractivity contribution is -0.143. The summed E-state index contributed by atoms with van der Waals surface area (Å²) in [6.45, 7) is -0.326. The fraction of sp³-hybridized carbons (Fsp3) is 0.167. The first-order chi connectivity index (χ1) is 13.5. The minimum atomic E-state index is -5.06. The summed E-state index contributed by atoms with van der Waals surface area (Å²) in [5, 5.41) is 8.86. The van der Waals surface area contributed by atoms with Gasteiger partial charge < -0.3 is 5.32 Å². The number of aromatic amines is 1. The highest BCUT2D eigenvalue weighted by Crippen LogP contribution is 2.36. The molecule has 152 valence electrons. The summed E-state index contributed by atoms with van der Waals surface area (Å²) < 4.78 is 77.5. The topological polar surface area (TPSA) is 74.8 Å². The predicted molar refractivity (Wildman–Crippen MR) is 90.0 cm³/mol. The molecular formula is C18H11F6N3O2. The van der Waals surface area contributed by atoms with Crippen molar-refractivity contribution in [2.75, 3.05) is 0 Å². The van der Waals surface area contributed by atoms with Crippen LogP contribution >= 0.6 is 0 Å². The highest BCUT2D eigenvalue weighted by Gasteiger charge is 2.37. The number of hydrogen-bond donors (Lipinski definition) is 2. The Balaban J connectivity index is 1.92. The van der Waals surface area contributed by atoms with Crippen molar-refractivity contribution in [1.29, 1.82) is 0 Å². The van der Waals surface area contributed by atoms with Gasteiger partial charge in [-0.3, -0.25) is 9.59 Å². The van der Waals surface area contributed by atoms with Crippen LogP contribution in [0.4, 0.5) is 26.3 Å². The average Bonchev–Trinajstić information content (AvgIpc) is 2.66. The van der Waals surface area contributed by atoms with Crippen molar-refractivity contribution in [2.45, 2.75) is 18.9 Å². The van der Waals surface area contributed by atoms with Crippen LogP contribution in [0.1, 0.15) is 27.2 Å². The van der Waals surface area contributed by atoms with Crippen LogP contribution in [0.15, 0.2) is 47.3 Å². The van der Waals surface area contributed by atoms with Gasteiger partial charge in [0.2, 0.25) is 0 Å². The maximum Gasteiger partial charge on any atom is 0.416 e. The third-order valence-corrected chi connectivity index (χ3v) is 4.04. The maximum absolute atomic E-state index is 12.9. The van der Waals surface area contributed by atoms with E-state index in [0.29, 0.717) is 17.5 Å². The Labute approximate surface area is 158 Å². The summed E-state index contributed by atoms with van der Waals surface area (Å²) in [7, 11) is 0. The molecule has 0 atom stereocenters. The largest absolute Gasteiger partial charge is 0.416 e. The molecule has 3 aromatic rings. The van der Waals surface area contributed by atoms with Gasteiger partial charge in [-0.05, 0) is 24.3 Å². The molecule has 0 saturated carbocycles. The third kappa shape index (κ3) is 4.39. The van der Waals surface area contributed by atoms with E-state index in [1.165, 1.54) is 6.07 Å². The number of nitrogens with zero attached hydrogens (tertiary/aromatic N) is 1. The monoisotopic (exact) mass is 415 g/mol. The molecule has 0 bridgehead atoms. The van der Waals surface area contributed by atoms with Gasteiger partial charge >= 0.3 is 12.4 Å². The number of carbonyl (C=O) groups excluding carboxylic acids is 1. The van der Waals surface area contributed by atoms with Crippen LogP contribution in [0.5, 0.6) is 0 Å². The van der Waals surface area contributed by atoms with E-state index in [1.54, 1.807) is 18.2 Å². The van der Waals surface area contributed by atoms with Gasteiger partial charge in [0.25, 0.3) is 11.5 Å². The van der Waals surface area contributed by atoms with Gasteiger partial charge in [0.05, 0.1) is 28.8 Å². The Kier molecular flexibility index (Phi) is 5.07. The molecule has 0 saturated heterocycles. The van der Waals surface area contributed by atoms with Crippen molar-refractivity contribution in [1.82, 2.24) is 15.5 Å². The maximum atomic E-state index is 12.9. The van der Waals surface area contributed by atoms with Gasteiger partial charge in [0, 0.05) is 10.9 Å². The van der Waals surface area contributed by atoms with E-state index in [0.717, 1.165) is 0 Å². The number of halogens is 6. The van der Waals surface area contributed by atoms with Crippen LogP contribution in [-0.2, 0) is 18.9 Å². The molecule has 0 fully saturated rings. The fourth-order valence-corrected chi connectivity index (χ4v) is 2.66. The zero-order valence-electron chi connectivity index (χ0n) is 14.3. The summed E-state index contributed by atoms with van der Waals surface area (Å²) in [6, 6.07) is 6.87. The van der Waals surface area contributed by atoms with E-state index in [1.807, 2.05) is 0 Å². The molecule has 3 rings (SSSR count). The second kappa shape index (κ2) is 7.22. The van der Waals surface area contributed by atoms with Crippen molar-refractivity contribution >= 4 is 16.7 Å². The lowest BCUT2D eigenvalue weighted by Gasteiger charge is -2.14. The van der Waals surface area contributed by atoms with E-state index in [2.05, 4.69) is 15.5 Å². The molecule has 5 nitrogen and oxygen atoms in total.